The van der Waals surface area contributed by atoms with Gasteiger partial charge in [0.25, 0.3) is 0 Å². The summed E-state index contributed by atoms with van der Waals surface area (Å²) in [7, 11) is 0. The minimum Gasteiger partial charge on any atom is -0.491 e. The summed E-state index contributed by atoms with van der Waals surface area (Å²) in [5.41, 5.74) is 1.60. The van der Waals surface area contributed by atoms with E-state index in [1.807, 2.05) is 0 Å². The molecule has 0 aromatic heterocycles. The van der Waals surface area contributed by atoms with Crippen molar-refractivity contribution in [3.8, 4) is 5.75 Å². The largest absolute Gasteiger partial charge is 0.491 e. The fourth-order valence-electron chi connectivity index (χ4n) is 2.17. The third-order valence-electron chi connectivity index (χ3n) is 3.24. The molecule has 0 bridgehead atoms. The second-order valence-electron chi connectivity index (χ2n) is 6.64. The van der Waals surface area contributed by atoms with Crippen molar-refractivity contribution in [3.05, 3.63) is 29.8 Å². The number of benzene rings is 1. The molecule has 114 valence electrons. The highest BCUT2D eigenvalue weighted by molar-refractivity contribution is 5.27. The molecule has 1 rings (SSSR count). The first-order valence-electron chi connectivity index (χ1n) is 7.91. The summed E-state index contributed by atoms with van der Waals surface area (Å²) in [6.07, 6.45) is 4.84. The molecule has 2 nitrogen and oxygen atoms in total. The maximum absolute atomic E-state index is 5.95. The lowest BCUT2D eigenvalue weighted by molar-refractivity contribution is 0.206. The summed E-state index contributed by atoms with van der Waals surface area (Å²) in [5.74, 6) is 0.987. The van der Waals surface area contributed by atoms with Crippen LogP contribution in [0.4, 0.5) is 0 Å². The van der Waals surface area contributed by atoms with Crippen molar-refractivity contribution in [3.63, 3.8) is 0 Å². The third kappa shape index (κ3) is 7.54. The zero-order valence-corrected chi connectivity index (χ0v) is 13.8. The molecule has 20 heavy (non-hydrogen) atoms. The molecule has 0 aliphatic rings. The molecule has 2 heteroatoms. The van der Waals surface area contributed by atoms with E-state index in [2.05, 4.69) is 64.2 Å². The SMILES string of the molecule is CCCc1ccc(OC(C)CCCNC(C)(C)C)cc1. The van der Waals surface area contributed by atoms with E-state index in [0.29, 0.717) is 0 Å². The normalized spacial score (nSPS) is 13.2. The van der Waals surface area contributed by atoms with E-state index in [1.165, 1.54) is 12.0 Å². The number of hydrogen-bond donors (Lipinski definition) is 1. The van der Waals surface area contributed by atoms with Crippen molar-refractivity contribution in [2.45, 2.75) is 71.9 Å². The number of rotatable bonds is 8. The van der Waals surface area contributed by atoms with Gasteiger partial charge in [-0.3, -0.25) is 0 Å². The first-order chi connectivity index (χ1) is 9.40. The van der Waals surface area contributed by atoms with Crippen molar-refractivity contribution in [1.82, 2.24) is 5.32 Å². The minimum absolute atomic E-state index is 0.208. The van der Waals surface area contributed by atoms with Crippen molar-refractivity contribution < 1.29 is 4.74 Å². The molecular formula is C18H31NO. The van der Waals surface area contributed by atoms with E-state index in [0.717, 1.165) is 31.6 Å². The average Bonchev–Trinajstić information content (AvgIpc) is 2.36. The Labute approximate surface area is 124 Å². The van der Waals surface area contributed by atoms with E-state index in [-0.39, 0.29) is 11.6 Å². The molecule has 0 amide bonds. The van der Waals surface area contributed by atoms with Gasteiger partial charge in [0.1, 0.15) is 5.75 Å². The van der Waals surface area contributed by atoms with Gasteiger partial charge in [-0.1, -0.05) is 25.5 Å². The molecule has 0 heterocycles. The van der Waals surface area contributed by atoms with Crippen LogP contribution in [-0.2, 0) is 6.42 Å². The predicted molar refractivity (Wildman–Crippen MR) is 87.5 cm³/mol. The van der Waals surface area contributed by atoms with Crippen LogP contribution in [-0.4, -0.2) is 18.2 Å². The van der Waals surface area contributed by atoms with Crippen LogP contribution in [0.25, 0.3) is 0 Å². The number of aryl methyl sites for hydroxylation is 1. The summed E-state index contributed by atoms with van der Waals surface area (Å²) in [6.45, 7) is 12.0. The molecule has 0 saturated heterocycles. The van der Waals surface area contributed by atoms with Crippen LogP contribution in [0, 0.1) is 0 Å². The smallest absolute Gasteiger partial charge is 0.119 e. The fraction of sp³-hybridized carbons (Fsp3) is 0.667. The Morgan fingerprint density at radius 3 is 2.35 bits per heavy atom. The standard InChI is InChI=1S/C18H31NO/c1-6-8-16-10-12-17(13-11-16)20-15(2)9-7-14-19-18(3,4)5/h10-13,15,19H,6-9,14H2,1-5H3. The van der Waals surface area contributed by atoms with Gasteiger partial charge in [-0.25, -0.2) is 0 Å². The van der Waals surface area contributed by atoms with Crippen molar-refractivity contribution in [1.29, 1.82) is 0 Å². The van der Waals surface area contributed by atoms with Gasteiger partial charge in [-0.2, -0.15) is 0 Å². The highest BCUT2D eigenvalue weighted by Crippen LogP contribution is 2.16. The first kappa shape index (κ1) is 17.0. The van der Waals surface area contributed by atoms with E-state index >= 15 is 0 Å². The summed E-state index contributed by atoms with van der Waals surface area (Å²) in [5, 5.41) is 3.51. The molecule has 0 spiro atoms. The van der Waals surface area contributed by atoms with Gasteiger partial charge in [0, 0.05) is 5.54 Å². The van der Waals surface area contributed by atoms with Crippen molar-refractivity contribution in [2.75, 3.05) is 6.54 Å². The van der Waals surface area contributed by atoms with Crippen LogP contribution in [0.15, 0.2) is 24.3 Å². The third-order valence-corrected chi connectivity index (χ3v) is 3.24. The van der Waals surface area contributed by atoms with Crippen molar-refractivity contribution in [2.24, 2.45) is 0 Å². The van der Waals surface area contributed by atoms with Crippen LogP contribution in [0.1, 0.15) is 59.4 Å². The van der Waals surface area contributed by atoms with E-state index in [1.54, 1.807) is 0 Å². The molecular weight excluding hydrogens is 246 g/mol. The highest BCUT2D eigenvalue weighted by atomic mass is 16.5. The highest BCUT2D eigenvalue weighted by Gasteiger charge is 2.09. The van der Waals surface area contributed by atoms with Crippen LogP contribution >= 0.6 is 0 Å². The van der Waals surface area contributed by atoms with Gasteiger partial charge in [0.15, 0.2) is 0 Å². The Balaban J connectivity index is 2.26. The molecule has 0 fully saturated rings. The van der Waals surface area contributed by atoms with E-state index < -0.39 is 0 Å². The van der Waals surface area contributed by atoms with Gasteiger partial charge < -0.3 is 10.1 Å². The molecule has 1 aromatic carbocycles. The summed E-state index contributed by atoms with van der Waals surface area (Å²) >= 11 is 0. The molecule has 0 saturated carbocycles. The zero-order chi connectivity index (χ0) is 15.0. The van der Waals surface area contributed by atoms with Gasteiger partial charge in [-0.15, -0.1) is 0 Å². The number of ether oxygens (including phenoxy) is 1. The second-order valence-corrected chi connectivity index (χ2v) is 6.64. The Morgan fingerprint density at radius 1 is 1.15 bits per heavy atom. The fourth-order valence-corrected chi connectivity index (χ4v) is 2.17. The Morgan fingerprint density at radius 2 is 1.80 bits per heavy atom. The van der Waals surface area contributed by atoms with Crippen molar-refractivity contribution >= 4 is 0 Å². The van der Waals surface area contributed by atoms with Gasteiger partial charge in [0.05, 0.1) is 6.10 Å². The first-order valence-corrected chi connectivity index (χ1v) is 7.91. The lowest BCUT2D eigenvalue weighted by Crippen LogP contribution is -2.36. The molecule has 1 aromatic rings. The minimum atomic E-state index is 0.208. The van der Waals surface area contributed by atoms with Crippen LogP contribution in [0.2, 0.25) is 0 Å². The molecule has 0 aliphatic carbocycles. The zero-order valence-electron chi connectivity index (χ0n) is 13.8. The topological polar surface area (TPSA) is 21.3 Å². The average molecular weight is 277 g/mol. The number of nitrogens with one attached hydrogen (secondary N) is 1. The monoisotopic (exact) mass is 277 g/mol. The van der Waals surface area contributed by atoms with E-state index in [4.69, 9.17) is 4.74 Å². The lowest BCUT2D eigenvalue weighted by Gasteiger charge is -2.21. The maximum Gasteiger partial charge on any atom is 0.119 e. The van der Waals surface area contributed by atoms with Crippen LogP contribution in [0.5, 0.6) is 5.75 Å². The lowest BCUT2D eigenvalue weighted by atomic mass is 10.1. The molecule has 1 unspecified atom stereocenters. The van der Waals surface area contributed by atoms with Crippen LogP contribution in [0.3, 0.4) is 0 Å². The van der Waals surface area contributed by atoms with Crippen LogP contribution < -0.4 is 10.1 Å². The van der Waals surface area contributed by atoms with E-state index in [9.17, 15) is 0 Å². The summed E-state index contributed by atoms with van der Waals surface area (Å²) < 4.78 is 5.95. The predicted octanol–water partition coefficient (Wildman–Crippen LogP) is 4.57. The Kier molecular flexibility index (Phi) is 7.08. The Hall–Kier alpha value is -1.02. The van der Waals surface area contributed by atoms with Gasteiger partial charge in [0.2, 0.25) is 0 Å². The quantitative estimate of drug-likeness (QED) is 0.703. The second kappa shape index (κ2) is 8.31. The summed E-state index contributed by atoms with van der Waals surface area (Å²) in [6, 6.07) is 8.53. The van der Waals surface area contributed by atoms with Gasteiger partial charge in [-0.05, 0) is 71.2 Å². The number of hydrogen-bond acceptors (Lipinski definition) is 2. The molecule has 1 N–H and O–H groups in total. The van der Waals surface area contributed by atoms with Gasteiger partial charge >= 0.3 is 0 Å². The summed E-state index contributed by atoms with van der Waals surface area (Å²) in [4.78, 5) is 0. The molecule has 0 aliphatic heterocycles. The maximum atomic E-state index is 5.95. The Bertz CT molecular complexity index is 364. The molecule has 1 atom stereocenters. The molecule has 0 radical (unpaired) electrons.